The van der Waals surface area contributed by atoms with Gasteiger partial charge in [-0.15, -0.1) is 0 Å². The summed E-state index contributed by atoms with van der Waals surface area (Å²) in [7, 11) is 0. The number of halogens is 1. The van der Waals surface area contributed by atoms with Crippen molar-refractivity contribution in [2.45, 2.75) is 26.3 Å². The SMILES string of the molecule is C.N#C/C(=C\c1cccc(Br)n1)C(=O)N[C@H](c1ccccc1)C1CC1.S. The minimum absolute atomic E-state index is 0. The third-order valence-corrected chi connectivity index (χ3v) is 4.37. The average Bonchev–Trinajstić information content (AvgIpc) is 3.43. The summed E-state index contributed by atoms with van der Waals surface area (Å²) in [6.07, 6.45) is 3.70. The van der Waals surface area contributed by atoms with E-state index in [0.717, 1.165) is 18.4 Å². The van der Waals surface area contributed by atoms with Gasteiger partial charge in [-0.25, -0.2) is 4.98 Å². The van der Waals surface area contributed by atoms with Gasteiger partial charge in [0.2, 0.25) is 0 Å². The van der Waals surface area contributed by atoms with Crippen LogP contribution in [0.3, 0.4) is 0 Å². The van der Waals surface area contributed by atoms with Crippen LogP contribution in [0.4, 0.5) is 0 Å². The second-order valence-electron chi connectivity index (χ2n) is 5.75. The molecule has 2 aromatic rings. The van der Waals surface area contributed by atoms with E-state index in [0.29, 0.717) is 16.2 Å². The van der Waals surface area contributed by atoms with Gasteiger partial charge in [-0.2, -0.15) is 18.8 Å². The molecule has 0 radical (unpaired) electrons. The lowest BCUT2D eigenvalue weighted by Gasteiger charge is -2.18. The first-order chi connectivity index (χ1) is 11.7. The van der Waals surface area contributed by atoms with Gasteiger partial charge in [-0.05, 0) is 58.5 Å². The number of hydrogen-bond acceptors (Lipinski definition) is 3. The Balaban J connectivity index is 0.00000169. The fraction of sp³-hybridized carbons (Fsp3) is 0.250. The molecule has 4 nitrogen and oxygen atoms in total. The Morgan fingerprint density at radius 2 is 1.92 bits per heavy atom. The number of rotatable bonds is 5. The number of nitriles is 1. The van der Waals surface area contributed by atoms with Crippen molar-refractivity contribution in [3.8, 4) is 6.07 Å². The van der Waals surface area contributed by atoms with Crippen LogP contribution in [-0.2, 0) is 4.79 Å². The zero-order chi connectivity index (χ0) is 16.9. The van der Waals surface area contributed by atoms with Crippen LogP contribution in [0.5, 0.6) is 0 Å². The Morgan fingerprint density at radius 3 is 2.50 bits per heavy atom. The molecule has 1 atom stereocenters. The fourth-order valence-electron chi connectivity index (χ4n) is 2.58. The molecule has 6 heteroatoms. The van der Waals surface area contributed by atoms with Crippen molar-refractivity contribution in [1.29, 1.82) is 5.26 Å². The lowest BCUT2D eigenvalue weighted by Crippen LogP contribution is -2.30. The molecule has 0 bridgehead atoms. The van der Waals surface area contributed by atoms with Crippen molar-refractivity contribution in [2.75, 3.05) is 0 Å². The summed E-state index contributed by atoms with van der Waals surface area (Å²) in [5.74, 6) is 0.0836. The third-order valence-electron chi connectivity index (χ3n) is 3.93. The first-order valence-electron chi connectivity index (χ1n) is 7.77. The van der Waals surface area contributed by atoms with Gasteiger partial charge in [0.05, 0.1) is 11.7 Å². The number of carbonyl (C=O) groups excluding carboxylic acids is 1. The molecule has 136 valence electrons. The van der Waals surface area contributed by atoms with Gasteiger partial charge in [0.25, 0.3) is 5.91 Å². The van der Waals surface area contributed by atoms with E-state index in [9.17, 15) is 10.1 Å². The number of carbonyl (C=O) groups is 1. The summed E-state index contributed by atoms with van der Waals surface area (Å²) in [6.45, 7) is 0. The van der Waals surface area contributed by atoms with Crippen LogP contribution in [0.25, 0.3) is 6.08 Å². The minimum Gasteiger partial charge on any atom is -0.344 e. The molecule has 3 rings (SSSR count). The van der Waals surface area contributed by atoms with Crippen LogP contribution in [-0.4, -0.2) is 10.9 Å². The number of pyridine rings is 1. The lowest BCUT2D eigenvalue weighted by molar-refractivity contribution is -0.117. The van der Waals surface area contributed by atoms with Crippen molar-refractivity contribution < 1.29 is 4.79 Å². The van der Waals surface area contributed by atoms with E-state index in [1.54, 1.807) is 12.1 Å². The molecule has 1 amide bonds. The van der Waals surface area contributed by atoms with E-state index in [1.807, 2.05) is 42.5 Å². The van der Waals surface area contributed by atoms with E-state index in [-0.39, 0.29) is 38.4 Å². The molecule has 0 aliphatic heterocycles. The predicted octanol–water partition coefficient (Wildman–Crippen LogP) is 4.77. The Bertz CT molecular complexity index is 813. The van der Waals surface area contributed by atoms with Crippen LogP contribution in [0.1, 0.15) is 37.6 Å². The van der Waals surface area contributed by atoms with Crippen molar-refractivity contribution in [1.82, 2.24) is 10.3 Å². The molecule has 1 saturated carbocycles. The smallest absolute Gasteiger partial charge is 0.262 e. The van der Waals surface area contributed by atoms with Gasteiger partial charge in [0.1, 0.15) is 16.2 Å². The third kappa shape index (κ3) is 5.72. The molecule has 0 spiro atoms. The van der Waals surface area contributed by atoms with Crippen LogP contribution in [0.15, 0.2) is 58.7 Å². The van der Waals surface area contributed by atoms with Crippen LogP contribution >= 0.6 is 29.4 Å². The van der Waals surface area contributed by atoms with Gasteiger partial charge in [-0.3, -0.25) is 4.79 Å². The number of amides is 1. The first-order valence-corrected chi connectivity index (χ1v) is 8.57. The van der Waals surface area contributed by atoms with Crippen molar-refractivity contribution >= 4 is 41.4 Å². The maximum atomic E-state index is 12.5. The molecule has 1 heterocycles. The summed E-state index contributed by atoms with van der Waals surface area (Å²) in [5, 5.41) is 12.4. The second kappa shape index (κ2) is 10.1. The van der Waals surface area contributed by atoms with Gasteiger partial charge in [0.15, 0.2) is 0 Å². The molecule has 1 aromatic carbocycles. The molecule has 1 fully saturated rings. The Labute approximate surface area is 169 Å². The van der Waals surface area contributed by atoms with Crippen LogP contribution in [0, 0.1) is 17.2 Å². The summed E-state index contributed by atoms with van der Waals surface area (Å²) in [5.41, 5.74) is 1.70. The average molecular weight is 432 g/mol. The van der Waals surface area contributed by atoms with E-state index in [4.69, 9.17) is 0 Å². The lowest BCUT2D eigenvalue weighted by atomic mass is 10.0. The Morgan fingerprint density at radius 1 is 1.23 bits per heavy atom. The molecule has 1 aromatic heterocycles. The van der Waals surface area contributed by atoms with Gasteiger partial charge in [-0.1, -0.05) is 43.8 Å². The number of aromatic nitrogens is 1. The molecular weight excluding hydrogens is 410 g/mol. The van der Waals surface area contributed by atoms with E-state index >= 15 is 0 Å². The monoisotopic (exact) mass is 431 g/mol. The number of hydrogen-bond donors (Lipinski definition) is 1. The van der Waals surface area contributed by atoms with E-state index in [2.05, 4.69) is 26.2 Å². The summed E-state index contributed by atoms with van der Waals surface area (Å²) < 4.78 is 0.661. The first kappa shape index (κ1) is 21.9. The van der Waals surface area contributed by atoms with Gasteiger partial charge < -0.3 is 5.32 Å². The second-order valence-corrected chi connectivity index (χ2v) is 6.57. The maximum absolute atomic E-state index is 12.5. The highest BCUT2D eigenvalue weighted by molar-refractivity contribution is 9.10. The molecular formula is C20H22BrN3OS. The molecule has 26 heavy (non-hydrogen) atoms. The number of nitrogens with one attached hydrogen (secondary N) is 1. The molecule has 0 unspecified atom stereocenters. The van der Waals surface area contributed by atoms with Crippen molar-refractivity contribution in [3.63, 3.8) is 0 Å². The standard InChI is InChI=1S/C19H16BrN3O.CH4.H2S/c20-17-8-4-7-16(22-17)11-15(12-21)19(24)23-18(14-9-10-14)13-5-2-1-3-6-13;;/h1-8,11,14,18H,9-10H2,(H,23,24);1H4;1H2/b15-11+;;/t18-;;/m1../s1. The molecule has 1 N–H and O–H groups in total. The Hall–Kier alpha value is -2.10. The summed E-state index contributed by atoms with van der Waals surface area (Å²) in [4.78, 5) is 16.8. The quantitative estimate of drug-likeness (QED) is 0.421. The zero-order valence-electron chi connectivity index (χ0n) is 13.4. The maximum Gasteiger partial charge on any atom is 0.262 e. The highest BCUT2D eigenvalue weighted by Gasteiger charge is 2.33. The van der Waals surface area contributed by atoms with E-state index < -0.39 is 0 Å². The van der Waals surface area contributed by atoms with Gasteiger partial charge >= 0.3 is 0 Å². The summed E-state index contributed by atoms with van der Waals surface area (Å²) in [6, 6.07) is 17.2. The topological polar surface area (TPSA) is 65.8 Å². The molecule has 1 aliphatic rings. The molecule has 1 aliphatic carbocycles. The Kier molecular flexibility index (Phi) is 8.56. The largest absolute Gasteiger partial charge is 0.344 e. The highest BCUT2D eigenvalue weighted by Crippen LogP contribution is 2.41. The highest BCUT2D eigenvalue weighted by atomic mass is 79.9. The predicted molar refractivity (Wildman–Crippen MR) is 113 cm³/mol. The van der Waals surface area contributed by atoms with Crippen LogP contribution in [0.2, 0.25) is 0 Å². The zero-order valence-corrected chi connectivity index (χ0v) is 16.0. The van der Waals surface area contributed by atoms with Gasteiger partial charge in [0, 0.05) is 0 Å². The fourth-order valence-corrected chi connectivity index (χ4v) is 2.94. The summed E-state index contributed by atoms with van der Waals surface area (Å²) >= 11 is 3.29. The molecule has 0 saturated heterocycles. The van der Waals surface area contributed by atoms with Crippen molar-refractivity contribution in [3.05, 3.63) is 70.0 Å². The van der Waals surface area contributed by atoms with Crippen molar-refractivity contribution in [2.24, 2.45) is 5.92 Å². The van der Waals surface area contributed by atoms with E-state index in [1.165, 1.54) is 6.08 Å². The number of nitrogens with zero attached hydrogens (tertiary/aromatic N) is 2. The normalized spacial score (nSPS) is 14.2. The minimum atomic E-state index is -0.361. The number of benzene rings is 1. The van der Waals surface area contributed by atoms with Crippen LogP contribution < -0.4 is 5.32 Å².